The molecule has 0 aromatic heterocycles. The van der Waals surface area contributed by atoms with E-state index in [-0.39, 0.29) is 18.4 Å². The Morgan fingerprint density at radius 1 is 1.23 bits per heavy atom. The zero-order valence-electron chi connectivity index (χ0n) is 7.53. The molecule has 1 rings (SSSR count). The fraction of sp³-hybridized carbons (Fsp3) is 0.222. The largest absolute Gasteiger partial charge is 0.370 e. The van der Waals surface area contributed by atoms with Crippen molar-refractivity contribution in [2.75, 3.05) is 0 Å². The third kappa shape index (κ3) is 3.80. The van der Waals surface area contributed by atoms with Crippen LogP contribution in [0.2, 0.25) is 0 Å². The van der Waals surface area contributed by atoms with Gasteiger partial charge in [0.2, 0.25) is 0 Å². The molecule has 1 aromatic carbocycles. The normalized spacial score (nSPS) is 8.69. The van der Waals surface area contributed by atoms with Gasteiger partial charge in [-0.1, -0.05) is 19.1 Å². The number of hydrogen-bond donors (Lipinski definition) is 2. The van der Waals surface area contributed by atoms with Gasteiger partial charge in [-0.05, 0) is 24.1 Å². The van der Waals surface area contributed by atoms with Crippen LogP contribution in [0.1, 0.15) is 12.5 Å². The Morgan fingerprint density at radius 3 is 2.15 bits per heavy atom. The summed E-state index contributed by atoms with van der Waals surface area (Å²) in [5.41, 5.74) is 12.5. The van der Waals surface area contributed by atoms with Crippen molar-refractivity contribution >= 4 is 24.1 Å². The van der Waals surface area contributed by atoms with E-state index in [0.29, 0.717) is 0 Å². The summed E-state index contributed by atoms with van der Waals surface area (Å²) in [6.45, 7) is 2.11. The molecule has 0 saturated carbocycles. The molecule has 0 heterocycles. The molecule has 0 fully saturated rings. The van der Waals surface area contributed by atoms with Gasteiger partial charge in [0, 0.05) is 0 Å². The zero-order valence-corrected chi connectivity index (χ0v) is 8.34. The smallest absolute Gasteiger partial charge is 0.191 e. The lowest BCUT2D eigenvalue weighted by Gasteiger charge is -1.97. The third-order valence-corrected chi connectivity index (χ3v) is 1.60. The van der Waals surface area contributed by atoms with Gasteiger partial charge in [0.15, 0.2) is 5.96 Å². The predicted molar refractivity (Wildman–Crippen MR) is 58.5 cm³/mol. The Kier molecular flexibility index (Phi) is 4.92. The van der Waals surface area contributed by atoms with Crippen molar-refractivity contribution in [1.82, 2.24) is 0 Å². The predicted octanol–water partition coefficient (Wildman–Crippen LogP) is 1.58. The quantitative estimate of drug-likeness (QED) is 0.561. The fourth-order valence-electron chi connectivity index (χ4n) is 0.955. The molecule has 4 N–H and O–H groups in total. The lowest BCUT2D eigenvalue weighted by molar-refractivity contribution is 1.14. The van der Waals surface area contributed by atoms with Gasteiger partial charge in [-0.3, -0.25) is 0 Å². The summed E-state index contributed by atoms with van der Waals surface area (Å²) in [6.07, 6.45) is 1.03. The SMILES string of the molecule is CCc1ccc(N=C(N)N)cc1.Cl. The maximum Gasteiger partial charge on any atom is 0.191 e. The summed E-state index contributed by atoms with van der Waals surface area (Å²) in [6, 6.07) is 7.83. The summed E-state index contributed by atoms with van der Waals surface area (Å²) in [7, 11) is 0. The monoisotopic (exact) mass is 199 g/mol. The molecule has 0 unspecified atom stereocenters. The average molecular weight is 200 g/mol. The van der Waals surface area contributed by atoms with Gasteiger partial charge in [0.05, 0.1) is 5.69 Å². The van der Waals surface area contributed by atoms with Crippen LogP contribution in [0, 0.1) is 0 Å². The molecule has 0 radical (unpaired) electrons. The van der Waals surface area contributed by atoms with E-state index in [2.05, 4.69) is 11.9 Å². The first kappa shape index (κ1) is 11.8. The molecule has 0 saturated heterocycles. The number of halogens is 1. The number of nitrogens with zero attached hydrogens (tertiary/aromatic N) is 1. The molecule has 13 heavy (non-hydrogen) atoms. The summed E-state index contributed by atoms with van der Waals surface area (Å²) in [5.74, 6) is 0.0965. The first-order chi connectivity index (χ1) is 5.72. The van der Waals surface area contributed by atoms with Gasteiger partial charge in [-0.15, -0.1) is 12.4 Å². The molecule has 3 nitrogen and oxygen atoms in total. The number of aliphatic imine (C=N–C) groups is 1. The van der Waals surface area contributed by atoms with Crippen molar-refractivity contribution in [1.29, 1.82) is 0 Å². The van der Waals surface area contributed by atoms with E-state index in [0.717, 1.165) is 12.1 Å². The maximum atomic E-state index is 5.22. The molecule has 0 spiro atoms. The van der Waals surface area contributed by atoms with Gasteiger partial charge in [-0.25, -0.2) is 4.99 Å². The molecule has 0 aliphatic rings. The van der Waals surface area contributed by atoms with Crippen molar-refractivity contribution in [3.05, 3.63) is 29.8 Å². The van der Waals surface area contributed by atoms with Gasteiger partial charge in [0.25, 0.3) is 0 Å². The average Bonchev–Trinajstić information content (AvgIpc) is 2.05. The summed E-state index contributed by atoms with van der Waals surface area (Å²) in [5, 5.41) is 0. The minimum atomic E-state index is 0. The maximum absolute atomic E-state index is 5.22. The molecule has 0 bridgehead atoms. The number of aryl methyl sites for hydroxylation is 1. The van der Waals surface area contributed by atoms with Crippen LogP contribution >= 0.6 is 12.4 Å². The second kappa shape index (κ2) is 5.43. The molecular formula is C9H14ClN3. The van der Waals surface area contributed by atoms with Crippen molar-refractivity contribution in [2.45, 2.75) is 13.3 Å². The summed E-state index contributed by atoms with van der Waals surface area (Å²) >= 11 is 0. The van der Waals surface area contributed by atoms with E-state index >= 15 is 0 Å². The highest BCUT2D eigenvalue weighted by atomic mass is 35.5. The van der Waals surface area contributed by atoms with Crippen LogP contribution in [-0.4, -0.2) is 5.96 Å². The fourth-order valence-corrected chi connectivity index (χ4v) is 0.955. The molecule has 1 aromatic rings. The molecule has 72 valence electrons. The molecule has 0 aliphatic carbocycles. The summed E-state index contributed by atoms with van der Waals surface area (Å²) in [4.78, 5) is 3.91. The number of benzene rings is 1. The van der Waals surface area contributed by atoms with Crippen LogP contribution in [0.25, 0.3) is 0 Å². The van der Waals surface area contributed by atoms with E-state index in [9.17, 15) is 0 Å². The second-order valence-corrected chi connectivity index (χ2v) is 2.56. The highest BCUT2D eigenvalue weighted by Gasteiger charge is 1.90. The third-order valence-electron chi connectivity index (χ3n) is 1.60. The van der Waals surface area contributed by atoms with Crippen LogP contribution in [0.3, 0.4) is 0 Å². The Hall–Kier alpha value is -1.22. The minimum Gasteiger partial charge on any atom is -0.370 e. The van der Waals surface area contributed by atoms with Gasteiger partial charge in [0.1, 0.15) is 0 Å². The van der Waals surface area contributed by atoms with Crippen molar-refractivity contribution in [3.63, 3.8) is 0 Å². The van der Waals surface area contributed by atoms with Crippen molar-refractivity contribution < 1.29 is 0 Å². The first-order valence-electron chi connectivity index (χ1n) is 3.91. The van der Waals surface area contributed by atoms with Crippen molar-refractivity contribution in [3.8, 4) is 0 Å². The van der Waals surface area contributed by atoms with Crippen LogP contribution < -0.4 is 11.5 Å². The standard InChI is InChI=1S/C9H13N3.ClH/c1-2-7-3-5-8(6-4-7)12-9(10)11;/h3-6H,2H2,1H3,(H4,10,11,12);1H. The second-order valence-electron chi connectivity index (χ2n) is 2.56. The lowest BCUT2D eigenvalue weighted by atomic mass is 10.2. The van der Waals surface area contributed by atoms with Crippen LogP contribution in [0.15, 0.2) is 29.3 Å². The Balaban J connectivity index is 0.00000144. The Morgan fingerprint density at radius 2 is 1.77 bits per heavy atom. The zero-order chi connectivity index (χ0) is 8.97. The van der Waals surface area contributed by atoms with Crippen LogP contribution in [0.4, 0.5) is 5.69 Å². The van der Waals surface area contributed by atoms with E-state index in [4.69, 9.17) is 11.5 Å². The van der Waals surface area contributed by atoms with Gasteiger partial charge < -0.3 is 11.5 Å². The van der Waals surface area contributed by atoms with E-state index in [1.807, 2.05) is 24.3 Å². The van der Waals surface area contributed by atoms with Crippen molar-refractivity contribution in [2.24, 2.45) is 16.5 Å². The highest BCUT2D eigenvalue weighted by Crippen LogP contribution is 2.12. The van der Waals surface area contributed by atoms with Gasteiger partial charge in [-0.2, -0.15) is 0 Å². The number of rotatable bonds is 2. The van der Waals surface area contributed by atoms with Crippen LogP contribution in [0.5, 0.6) is 0 Å². The van der Waals surface area contributed by atoms with E-state index in [1.54, 1.807) is 0 Å². The Bertz CT molecular complexity index is 275. The molecule has 0 aliphatic heterocycles. The summed E-state index contributed by atoms with van der Waals surface area (Å²) < 4.78 is 0. The first-order valence-corrected chi connectivity index (χ1v) is 3.91. The molecule has 0 amide bonds. The molecular weight excluding hydrogens is 186 g/mol. The molecule has 0 atom stereocenters. The highest BCUT2D eigenvalue weighted by molar-refractivity contribution is 5.85. The number of nitrogens with two attached hydrogens (primary N) is 2. The lowest BCUT2D eigenvalue weighted by Crippen LogP contribution is -2.21. The van der Waals surface area contributed by atoms with E-state index in [1.165, 1.54) is 5.56 Å². The van der Waals surface area contributed by atoms with Gasteiger partial charge >= 0.3 is 0 Å². The van der Waals surface area contributed by atoms with Crippen LogP contribution in [-0.2, 0) is 6.42 Å². The number of guanidine groups is 1. The minimum absolute atomic E-state index is 0. The Labute approximate surface area is 84.3 Å². The van der Waals surface area contributed by atoms with E-state index < -0.39 is 0 Å². The number of hydrogen-bond acceptors (Lipinski definition) is 1. The molecule has 4 heteroatoms. The topological polar surface area (TPSA) is 64.4 Å².